The van der Waals surface area contributed by atoms with E-state index in [9.17, 15) is 30.3 Å². The molecule has 0 saturated carbocycles. The highest BCUT2D eigenvalue weighted by Crippen LogP contribution is 2.40. The predicted molar refractivity (Wildman–Crippen MR) is 256 cm³/mol. The number of benzene rings is 1. The molecule has 0 amide bonds. The van der Waals surface area contributed by atoms with Crippen molar-refractivity contribution in [1.29, 1.82) is 5.26 Å². The topological polar surface area (TPSA) is 244 Å². The fourth-order valence-electron chi connectivity index (χ4n) is 10.6. The predicted octanol–water partition coefficient (Wildman–Crippen LogP) is 2.84. The Morgan fingerprint density at radius 3 is 2.29 bits per heavy atom. The van der Waals surface area contributed by atoms with Crippen LogP contribution in [-0.2, 0) is 39.6 Å². The van der Waals surface area contributed by atoms with Crippen LogP contribution in [0.25, 0.3) is 0 Å². The van der Waals surface area contributed by atoms with E-state index in [1.165, 1.54) is 14.0 Å². The van der Waals surface area contributed by atoms with Crippen LogP contribution in [0.3, 0.4) is 0 Å². The van der Waals surface area contributed by atoms with Gasteiger partial charge in [0.1, 0.15) is 29.6 Å². The van der Waals surface area contributed by atoms with Crippen LogP contribution in [0.1, 0.15) is 119 Å². The van der Waals surface area contributed by atoms with Gasteiger partial charge in [-0.25, -0.2) is 0 Å². The quantitative estimate of drug-likeness (QED) is 0.125. The number of hydrogen-bond acceptors (Lipinski definition) is 16. The van der Waals surface area contributed by atoms with Crippen molar-refractivity contribution in [1.82, 2.24) is 15.1 Å². The average molecular weight is 963 g/mol. The summed E-state index contributed by atoms with van der Waals surface area (Å²) in [5.74, 6) is -2.49. The van der Waals surface area contributed by atoms with E-state index in [1.54, 1.807) is 46.8 Å². The third-order valence-electron chi connectivity index (χ3n) is 15.1. The molecule has 3 aliphatic heterocycles. The Bertz CT molecular complexity index is 1800. The van der Waals surface area contributed by atoms with Gasteiger partial charge in [-0.3, -0.25) is 4.79 Å². The van der Waals surface area contributed by atoms with Gasteiger partial charge in [0.2, 0.25) is 0 Å². The number of aliphatic hydroxyl groups excluding tert-OH is 3. The number of carbonyl (C=O) groups is 1. The lowest BCUT2D eigenvalue weighted by atomic mass is 9.77. The molecule has 388 valence electrons. The van der Waals surface area contributed by atoms with Gasteiger partial charge >= 0.3 is 5.97 Å². The van der Waals surface area contributed by atoms with E-state index in [0.29, 0.717) is 37.9 Å². The summed E-state index contributed by atoms with van der Waals surface area (Å²) in [4.78, 5) is 18.7. The highest BCUT2D eigenvalue weighted by atomic mass is 16.7. The second kappa shape index (κ2) is 25.0. The van der Waals surface area contributed by atoms with E-state index in [4.69, 9.17) is 33.7 Å². The number of quaternary nitrogens is 1. The molecule has 3 saturated heterocycles. The third-order valence-corrected chi connectivity index (χ3v) is 15.1. The Balaban J connectivity index is 1.63. The average Bonchev–Trinajstić information content (AvgIpc) is 3.29. The molecule has 18 atom stereocenters. The minimum absolute atomic E-state index is 0.0454. The minimum Gasteiger partial charge on any atom is -0.459 e. The molecule has 0 aromatic heterocycles. The number of methoxy groups -OCH3 is 1. The molecule has 3 aliphatic rings. The molecule has 1 aromatic rings. The Kier molecular flexibility index (Phi) is 21.3. The van der Waals surface area contributed by atoms with Crippen molar-refractivity contribution < 1.29 is 64.5 Å². The molecule has 3 fully saturated rings. The fraction of sp³-hybridized carbons (Fsp3) is 0.804. The summed E-state index contributed by atoms with van der Waals surface area (Å²) in [7, 11) is 5.45. The van der Waals surface area contributed by atoms with Gasteiger partial charge in [-0.1, -0.05) is 32.9 Å². The van der Waals surface area contributed by atoms with E-state index < -0.39 is 89.9 Å². The van der Waals surface area contributed by atoms with Crippen molar-refractivity contribution in [3.8, 4) is 6.07 Å². The zero-order valence-corrected chi connectivity index (χ0v) is 43.3. The molecule has 68 heavy (non-hydrogen) atoms. The van der Waals surface area contributed by atoms with Crippen molar-refractivity contribution in [2.75, 3.05) is 40.9 Å². The summed E-state index contributed by atoms with van der Waals surface area (Å²) < 4.78 is 38.6. The van der Waals surface area contributed by atoms with Crippen LogP contribution < -0.4 is 11.1 Å². The van der Waals surface area contributed by atoms with Gasteiger partial charge in [-0.05, 0) is 112 Å². The standard InChI is InChI=1S/C51H87N5O12/c1-14-41-51(10,62)45(58)34(6)56(12)28-30(2)24-49(8,61)47(32(4)44(33(5)48(60)66-41)67-43-25-50(9,63-13)46(59)35(7)65-43)68-42-23-40(21-31(3)64-42)55(11)20-19-38(53)27-54-39(29-57)22-36-15-17-37(26-52)18-16-36/h15-18,27,30-35,39-47,54,57-59,61-62H,14,19-25,28-29,53H2,1-13H3/p+1/b38-27-/t30-,31-,32+,33-,34-,35+,39+,40+,41-,42+,43+,44+,45-,46+,47-,49-,50-,51-/m1/s1. The van der Waals surface area contributed by atoms with Crippen molar-refractivity contribution in [3.63, 3.8) is 0 Å². The van der Waals surface area contributed by atoms with Gasteiger partial charge in [0.15, 0.2) is 12.6 Å². The molecular formula is C51H88N5O12+. The third kappa shape index (κ3) is 14.9. The molecule has 17 nitrogen and oxygen atoms in total. The Hall–Kier alpha value is -2.80. The Morgan fingerprint density at radius 1 is 1.03 bits per heavy atom. The molecule has 0 aliphatic carbocycles. The van der Waals surface area contributed by atoms with Gasteiger partial charge in [0.25, 0.3) is 0 Å². The molecule has 0 radical (unpaired) electrons. The summed E-state index contributed by atoms with van der Waals surface area (Å²) in [6, 6.07) is 8.74. The summed E-state index contributed by atoms with van der Waals surface area (Å²) in [6.07, 6.45) is -2.84. The van der Waals surface area contributed by atoms with E-state index in [1.807, 2.05) is 58.0 Å². The van der Waals surface area contributed by atoms with Crippen molar-refractivity contribution >= 4 is 5.97 Å². The summed E-state index contributed by atoms with van der Waals surface area (Å²) in [5.41, 5.74) is 2.39. The van der Waals surface area contributed by atoms with Gasteiger partial charge in [0, 0.05) is 57.5 Å². The monoisotopic (exact) mass is 963 g/mol. The van der Waals surface area contributed by atoms with Crippen LogP contribution in [0, 0.1) is 29.1 Å². The van der Waals surface area contributed by atoms with Gasteiger partial charge in [-0.15, -0.1) is 0 Å². The highest BCUT2D eigenvalue weighted by Gasteiger charge is 2.52. The Morgan fingerprint density at radius 2 is 1.69 bits per heavy atom. The number of aliphatic hydroxyl groups is 5. The first kappa shape index (κ1) is 57.8. The van der Waals surface area contributed by atoms with E-state index >= 15 is 0 Å². The fourth-order valence-corrected chi connectivity index (χ4v) is 10.6. The van der Waals surface area contributed by atoms with E-state index in [-0.39, 0.29) is 50.0 Å². The normalized spacial score (nSPS) is 40.2. The van der Waals surface area contributed by atoms with Gasteiger partial charge < -0.3 is 74.8 Å². The molecule has 1 aromatic carbocycles. The minimum atomic E-state index is -1.81. The number of nitrogens with one attached hydrogen (secondary N) is 1. The van der Waals surface area contributed by atoms with Crippen molar-refractivity contribution in [2.24, 2.45) is 17.8 Å². The lowest BCUT2D eigenvalue weighted by molar-refractivity contribution is -0.309. The molecule has 3 heterocycles. The van der Waals surface area contributed by atoms with Crippen LogP contribution in [0.15, 0.2) is 36.2 Å². The number of rotatable bonds is 15. The van der Waals surface area contributed by atoms with Gasteiger partial charge in [-0.2, -0.15) is 5.26 Å². The Labute approximate surface area is 406 Å². The number of cyclic esters (lactones) is 1. The molecular weight excluding hydrogens is 875 g/mol. The van der Waals surface area contributed by atoms with Crippen molar-refractivity contribution in [2.45, 2.75) is 204 Å². The zero-order valence-electron chi connectivity index (χ0n) is 43.3. The first-order valence-corrected chi connectivity index (χ1v) is 24.8. The van der Waals surface area contributed by atoms with Crippen LogP contribution in [0.2, 0.25) is 0 Å². The molecule has 0 unspecified atom stereocenters. The molecule has 9 N–H and O–H groups in total. The van der Waals surface area contributed by atoms with Crippen molar-refractivity contribution in [3.05, 3.63) is 47.3 Å². The summed E-state index contributed by atoms with van der Waals surface area (Å²) in [6.45, 7) is 19.1. The van der Waals surface area contributed by atoms with Crippen LogP contribution in [0.4, 0.5) is 0 Å². The van der Waals surface area contributed by atoms with Crippen LogP contribution in [0.5, 0.6) is 0 Å². The van der Waals surface area contributed by atoms with Gasteiger partial charge in [0.05, 0.1) is 72.0 Å². The lowest BCUT2D eigenvalue weighted by Gasteiger charge is -2.48. The first-order valence-electron chi connectivity index (χ1n) is 24.8. The molecule has 0 spiro atoms. The highest BCUT2D eigenvalue weighted by molar-refractivity contribution is 5.73. The molecule has 0 bridgehead atoms. The summed E-state index contributed by atoms with van der Waals surface area (Å²) in [5, 5.41) is 69.9. The largest absolute Gasteiger partial charge is 0.459 e. The number of nitriles is 1. The van der Waals surface area contributed by atoms with E-state index in [2.05, 4.69) is 29.1 Å². The molecule has 4 rings (SSSR count). The number of hydrogen-bond donors (Lipinski definition) is 7. The number of likely N-dealkylation sites (N-methyl/N-ethyl adjacent to an activating group) is 1. The van der Waals surface area contributed by atoms with Crippen LogP contribution in [-0.4, -0.2) is 172 Å². The number of carbonyl (C=O) groups excluding carboxylic acids is 1. The van der Waals surface area contributed by atoms with E-state index in [0.717, 1.165) is 17.7 Å². The number of esters is 1. The second-order valence-electron chi connectivity index (χ2n) is 21.2. The second-order valence-corrected chi connectivity index (χ2v) is 21.2. The smallest absolute Gasteiger partial charge is 0.311 e. The SMILES string of the molecule is CC[C@H]1OC(=O)[C@H](C)[C@@H](O[C@H]2C[C@@](C)(OC)[C@@H](O)[C@H](C)O2)[C@H](C)[C@@H](O[C@H]2C[C@@H](N(C)CC/C([NH3+])=C/N[C@H](CO)Cc3ccc(C#N)cc3)C[C@@H](C)O2)[C@](C)(O)C[C@@H](C)CN(C)[C@H](C)[C@@H](O)[C@]1(C)O. The summed E-state index contributed by atoms with van der Waals surface area (Å²) >= 11 is 0. The lowest BCUT2D eigenvalue weighted by Crippen LogP contribution is -2.59. The zero-order chi connectivity index (χ0) is 50.9. The first-order chi connectivity index (χ1) is 31.8. The maximum atomic E-state index is 14.4. The molecule has 17 heteroatoms. The number of nitrogens with zero attached hydrogens (tertiary/aromatic N) is 3. The maximum absolute atomic E-state index is 14.4. The maximum Gasteiger partial charge on any atom is 0.311 e. The van der Waals surface area contributed by atoms with Crippen LogP contribution >= 0.6 is 0 Å². The number of ether oxygens (including phenoxy) is 6.